The topological polar surface area (TPSA) is 81.6 Å². The Kier molecular flexibility index (Phi) is 2.57. The summed E-state index contributed by atoms with van der Waals surface area (Å²) in [6, 6.07) is 11.7. The lowest BCUT2D eigenvalue weighted by Crippen LogP contribution is -2.33. The third kappa shape index (κ3) is 1.69. The molecular formula is C14H12N4O. The first kappa shape index (κ1) is 11.5. The van der Waals surface area contributed by atoms with Crippen LogP contribution in [0.15, 0.2) is 30.3 Å². The van der Waals surface area contributed by atoms with Gasteiger partial charge >= 0.3 is 0 Å². The second-order valence-corrected chi connectivity index (χ2v) is 4.60. The van der Waals surface area contributed by atoms with Crippen LogP contribution in [0.3, 0.4) is 0 Å². The van der Waals surface area contributed by atoms with Crippen LogP contribution >= 0.6 is 0 Å². The summed E-state index contributed by atoms with van der Waals surface area (Å²) in [5.41, 5.74) is 2.73. The van der Waals surface area contributed by atoms with Crippen molar-refractivity contribution >= 4 is 11.7 Å². The number of aromatic nitrogens is 2. The monoisotopic (exact) mass is 252 g/mol. The molecule has 94 valence electrons. The van der Waals surface area contributed by atoms with Crippen LogP contribution in [-0.2, 0) is 4.79 Å². The van der Waals surface area contributed by atoms with Gasteiger partial charge in [0.25, 0.3) is 0 Å². The molecule has 19 heavy (non-hydrogen) atoms. The van der Waals surface area contributed by atoms with Crippen molar-refractivity contribution in [3.05, 3.63) is 47.2 Å². The average Bonchev–Trinajstić information content (AvgIpc) is 2.79. The highest BCUT2D eigenvalue weighted by atomic mass is 16.2. The molecule has 1 amide bonds. The molecule has 2 aromatic rings. The Morgan fingerprint density at radius 2 is 2.05 bits per heavy atom. The minimum absolute atomic E-state index is 0.270. The molecule has 1 aliphatic rings. The van der Waals surface area contributed by atoms with E-state index in [1.807, 2.05) is 37.3 Å². The number of nitrogens with zero attached hydrogens (tertiary/aromatic N) is 2. The zero-order valence-corrected chi connectivity index (χ0v) is 10.3. The lowest BCUT2D eigenvalue weighted by molar-refractivity contribution is -0.119. The second-order valence-electron chi connectivity index (χ2n) is 4.60. The molecule has 0 aliphatic carbocycles. The molecule has 2 atom stereocenters. The van der Waals surface area contributed by atoms with Gasteiger partial charge in [-0.3, -0.25) is 9.89 Å². The normalized spacial score (nSPS) is 21.4. The number of carbonyl (C=O) groups is 1. The van der Waals surface area contributed by atoms with Crippen LogP contribution in [0.2, 0.25) is 0 Å². The lowest BCUT2D eigenvalue weighted by atomic mass is 9.78. The highest BCUT2D eigenvalue weighted by Gasteiger charge is 2.39. The van der Waals surface area contributed by atoms with Crippen LogP contribution in [-0.4, -0.2) is 16.1 Å². The van der Waals surface area contributed by atoms with Crippen molar-refractivity contribution in [3.63, 3.8) is 0 Å². The average molecular weight is 252 g/mol. The number of H-pyrrole nitrogens is 1. The minimum atomic E-state index is -0.730. The number of nitriles is 1. The molecule has 5 heteroatoms. The van der Waals surface area contributed by atoms with Crippen molar-refractivity contribution in [1.82, 2.24) is 10.2 Å². The SMILES string of the molecule is Cc1[nH]nc2c1[C@@H](c1ccccc1)[C@@H](C#N)C(=O)N2. The molecule has 0 bridgehead atoms. The summed E-state index contributed by atoms with van der Waals surface area (Å²) in [6.45, 7) is 1.90. The van der Waals surface area contributed by atoms with Gasteiger partial charge in [0.05, 0.1) is 6.07 Å². The van der Waals surface area contributed by atoms with E-state index >= 15 is 0 Å². The number of hydrogen-bond donors (Lipinski definition) is 2. The van der Waals surface area contributed by atoms with Gasteiger partial charge in [0.2, 0.25) is 5.91 Å². The molecule has 0 radical (unpaired) electrons. The zero-order chi connectivity index (χ0) is 13.4. The van der Waals surface area contributed by atoms with E-state index in [1.54, 1.807) is 0 Å². The molecule has 1 aliphatic heterocycles. The molecule has 2 heterocycles. The molecule has 5 nitrogen and oxygen atoms in total. The van der Waals surface area contributed by atoms with Crippen molar-refractivity contribution in [3.8, 4) is 6.07 Å². The summed E-state index contributed by atoms with van der Waals surface area (Å²) in [5.74, 6) is -0.766. The smallest absolute Gasteiger partial charge is 0.243 e. The summed E-state index contributed by atoms with van der Waals surface area (Å²) < 4.78 is 0. The van der Waals surface area contributed by atoms with E-state index in [1.165, 1.54) is 0 Å². The van der Waals surface area contributed by atoms with Crippen LogP contribution in [0.5, 0.6) is 0 Å². The largest absolute Gasteiger partial charge is 0.308 e. The standard InChI is InChI=1S/C14H12N4O/c1-8-11-12(9-5-3-2-4-6-9)10(7-15)14(19)16-13(11)18-17-8/h2-6,10,12H,1H3,(H2,16,17,18,19)/t10-,12+/m1/s1. The fourth-order valence-corrected chi connectivity index (χ4v) is 2.58. The predicted molar refractivity (Wildman–Crippen MR) is 69.3 cm³/mol. The van der Waals surface area contributed by atoms with Crippen molar-refractivity contribution in [2.24, 2.45) is 5.92 Å². The Morgan fingerprint density at radius 3 is 2.74 bits per heavy atom. The third-order valence-electron chi connectivity index (χ3n) is 3.46. The van der Waals surface area contributed by atoms with Gasteiger partial charge in [-0.15, -0.1) is 0 Å². The fraction of sp³-hybridized carbons (Fsp3) is 0.214. The van der Waals surface area contributed by atoms with E-state index in [0.717, 1.165) is 16.8 Å². The summed E-state index contributed by atoms with van der Waals surface area (Å²) in [4.78, 5) is 12.0. The number of fused-ring (bicyclic) bond motifs is 1. The Hall–Kier alpha value is -2.61. The van der Waals surface area contributed by atoms with E-state index in [9.17, 15) is 10.1 Å². The van der Waals surface area contributed by atoms with E-state index in [-0.39, 0.29) is 11.8 Å². The van der Waals surface area contributed by atoms with Gasteiger partial charge in [0.15, 0.2) is 5.82 Å². The number of anilines is 1. The number of aromatic amines is 1. The zero-order valence-electron chi connectivity index (χ0n) is 10.3. The van der Waals surface area contributed by atoms with Gasteiger partial charge in [-0.05, 0) is 12.5 Å². The molecule has 0 saturated heterocycles. The van der Waals surface area contributed by atoms with Crippen LogP contribution < -0.4 is 5.32 Å². The maximum Gasteiger partial charge on any atom is 0.243 e. The van der Waals surface area contributed by atoms with E-state index in [4.69, 9.17) is 0 Å². The Balaban J connectivity index is 2.21. The van der Waals surface area contributed by atoms with Crippen molar-refractivity contribution in [2.45, 2.75) is 12.8 Å². The number of benzene rings is 1. The van der Waals surface area contributed by atoms with Crippen molar-refractivity contribution < 1.29 is 4.79 Å². The Morgan fingerprint density at radius 1 is 1.32 bits per heavy atom. The predicted octanol–water partition coefficient (Wildman–Crippen LogP) is 1.94. The third-order valence-corrected chi connectivity index (χ3v) is 3.46. The Labute approximate surface area is 110 Å². The lowest BCUT2D eigenvalue weighted by Gasteiger charge is -2.27. The molecule has 2 N–H and O–H groups in total. The summed E-state index contributed by atoms with van der Waals surface area (Å²) in [7, 11) is 0. The number of carbonyl (C=O) groups excluding carboxylic acids is 1. The first-order valence-corrected chi connectivity index (χ1v) is 6.02. The second kappa shape index (κ2) is 4.25. The van der Waals surface area contributed by atoms with E-state index < -0.39 is 5.92 Å². The highest BCUT2D eigenvalue weighted by Crippen LogP contribution is 2.40. The number of aryl methyl sites for hydroxylation is 1. The van der Waals surface area contributed by atoms with Crippen molar-refractivity contribution in [1.29, 1.82) is 5.26 Å². The molecule has 0 spiro atoms. The summed E-state index contributed by atoms with van der Waals surface area (Å²) in [5, 5.41) is 18.9. The van der Waals surface area contributed by atoms with Crippen LogP contribution in [0.4, 0.5) is 5.82 Å². The van der Waals surface area contributed by atoms with Crippen LogP contribution in [0.1, 0.15) is 22.7 Å². The quantitative estimate of drug-likeness (QED) is 0.813. The minimum Gasteiger partial charge on any atom is -0.308 e. The first-order valence-electron chi connectivity index (χ1n) is 6.02. The van der Waals surface area contributed by atoms with Crippen LogP contribution in [0.25, 0.3) is 0 Å². The molecule has 1 aromatic heterocycles. The molecule has 0 saturated carbocycles. The van der Waals surface area contributed by atoms with Gasteiger partial charge in [-0.2, -0.15) is 10.4 Å². The van der Waals surface area contributed by atoms with Gasteiger partial charge in [-0.1, -0.05) is 30.3 Å². The van der Waals surface area contributed by atoms with Crippen LogP contribution in [0, 0.1) is 24.2 Å². The molecular weight excluding hydrogens is 240 g/mol. The number of amides is 1. The van der Waals surface area contributed by atoms with Gasteiger partial charge in [0, 0.05) is 17.2 Å². The molecule has 1 aromatic carbocycles. The first-order chi connectivity index (χ1) is 9.22. The number of hydrogen-bond acceptors (Lipinski definition) is 3. The maximum atomic E-state index is 12.0. The van der Waals surface area contributed by atoms with E-state index in [2.05, 4.69) is 21.6 Å². The molecule has 0 fully saturated rings. The van der Waals surface area contributed by atoms with Crippen molar-refractivity contribution in [2.75, 3.05) is 5.32 Å². The van der Waals surface area contributed by atoms with Gasteiger partial charge in [0.1, 0.15) is 5.92 Å². The fourth-order valence-electron chi connectivity index (χ4n) is 2.58. The summed E-state index contributed by atoms with van der Waals surface area (Å²) >= 11 is 0. The number of nitrogens with one attached hydrogen (secondary N) is 2. The molecule has 0 unspecified atom stereocenters. The Bertz CT molecular complexity index is 668. The highest BCUT2D eigenvalue weighted by molar-refractivity contribution is 5.98. The van der Waals surface area contributed by atoms with E-state index in [0.29, 0.717) is 5.82 Å². The number of rotatable bonds is 1. The summed E-state index contributed by atoms with van der Waals surface area (Å²) in [6.07, 6.45) is 0. The maximum absolute atomic E-state index is 12.0. The van der Waals surface area contributed by atoms with Gasteiger partial charge < -0.3 is 5.32 Å². The molecule has 3 rings (SSSR count). The van der Waals surface area contributed by atoms with Gasteiger partial charge in [-0.25, -0.2) is 0 Å².